The highest BCUT2D eigenvalue weighted by Crippen LogP contribution is 2.43. The molecule has 244 valence electrons. The van der Waals surface area contributed by atoms with Crippen LogP contribution in [0.4, 0.5) is 24.9 Å². The van der Waals surface area contributed by atoms with Crippen LogP contribution in [-0.4, -0.2) is 64.2 Å². The molecular formula is C30H32F3N7O6. The maximum atomic E-state index is 14.7. The molecule has 1 aromatic carbocycles. The molecule has 2 aliphatic rings. The molecule has 2 saturated heterocycles. The molecule has 3 N–H and O–H groups in total. The van der Waals surface area contributed by atoms with Gasteiger partial charge in [0, 0.05) is 43.0 Å². The zero-order chi connectivity index (χ0) is 32.6. The van der Waals surface area contributed by atoms with Gasteiger partial charge in [-0.15, -0.1) is 0 Å². The van der Waals surface area contributed by atoms with Crippen molar-refractivity contribution in [1.82, 2.24) is 25.1 Å². The van der Waals surface area contributed by atoms with Crippen LogP contribution in [0.1, 0.15) is 43.5 Å². The molecule has 13 nitrogen and oxygen atoms in total. The average Bonchev–Trinajstić information content (AvgIpc) is 3.76. The Morgan fingerprint density at radius 2 is 2.00 bits per heavy atom. The van der Waals surface area contributed by atoms with E-state index in [0.717, 1.165) is 19.1 Å². The first-order chi connectivity index (χ1) is 21.9. The van der Waals surface area contributed by atoms with E-state index in [0.29, 0.717) is 49.7 Å². The number of nitrogens with zero attached hydrogens (tertiary/aromatic N) is 5. The third-order valence-electron chi connectivity index (χ3n) is 8.34. The van der Waals surface area contributed by atoms with Gasteiger partial charge in [-0.25, -0.2) is 9.48 Å². The number of nitrogens with two attached hydrogens (primary N) is 1. The second-order valence-electron chi connectivity index (χ2n) is 11.5. The molecule has 4 aromatic rings. The number of hydrogen-bond donors (Lipinski definition) is 2. The molecule has 5 heterocycles. The summed E-state index contributed by atoms with van der Waals surface area (Å²) in [5.41, 5.74) is 6.49. The maximum absolute atomic E-state index is 14.7. The van der Waals surface area contributed by atoms with Crippen molar-refractivity contribution in [3.8, 4) is 22.9 Å². The molecule has 6 rings (SSSR count). The lowest BCUT2D eigenvalue weighted by Gasteiger charge is -2.39. The molecule has 1 spiro atoms. The van der Waals surface area contributed by atoms with E-state index in [2.05, 4.69) is 20.4 Å². The van der Waals surface area contributed by atoms with Crippen LogP contribution in [0.5, 0.6) is 5.88 Å². The van der Waals surface area contributed by atoms with E-state index >= 15 is 0 Å². The van der Waals surface area contributed by atoms with Gasteiger partial charge in [-0.2, -0.15) is 28.2 Å². The monoisotopic (exact) mass is 643 g/mol. The predicted octanol–water partition coefficient (Wildman–Crippen LogP) is 3.96. The minimum absolute atomic E-state index is 0.0339. The fourth-order valence-electron chi connectivity index (χ4n) is 6.03. The van der Waals surface area contributed by atoms with Gasteiger partial charge in [0.2, 0.25) is 17.9 Å². The number of rotatable bonds is 8. The van der Waals surface area contributed by atoms with E-state index in [1.165, 1.54) is 35.1 Å². The van der Waals surface area contributed by atoms with Crippen LogP contribution in [0.2, 0.25) is 0 Å². The Morgan fingerprint density at radius 3 is 2.65 bits per heavy atom. The zero-order valence-corrected chi connectivity index (χ0v) is 25.0. The number of hydrogen-bond acceptors (Lipinski definition) is 12. The van der Waals surface area contributed by atoms with Gasteiger partial charge in [0.15, 0.2) is 5.76 Å². The number of piperidine rings is 1. The van der Waals surface area contributed by atoms with Gasteiger partial charge in [0.25, 0.3) is 0 Å². The van der Waals surface area contributed by atoms with Crippen LogP contribution in [0.25, 0.3) is 17.0 Å². The number of nitrogens with one attached hydrogen (secondary N) is 1. The normalized spacial score (nSPS) is 18.5. The molecule has 46 heavy (non-hydrogen) atoms. The molecule has 2 atom stereocenters. The van der Waals surface area contributed by atoms with Gasteiger partial charge in [-0.3, -0.25) is 4.79 Å². The first-order valence-electron chi connectivity index (χ1n) is 14.7. The summed E-state index contributed by atoms with van der Waals surface area (Å²) < 4.78 is 65.9. The summed E-state index contributed by atoms with van der Waals surface area (Å²) in [4.78, 5) is 33.9. The fourth-order valence-corrected chi connectivity index (χ4v) is 6.03. The number of halogens is 3. The van der Waals surface area contributed by atoms with Crippen LogP contribution in [0.15, 0.2) is 56.4 Å². The standard InChI is InChI=1S/C30H32F3N7O6/c1-3-43-26(41)20-14-29(16-35-20)7-10-39(11-8-29)23-13-24(37-27(34)36-23)46-25(30(31,32)33)19-5-4-18(22-15-44-28(42)45-22)12-21(19)40-9-6-17(2)38-40/h4-6,9,12-13,15,20,25,35H,3,7-8,10-11,14,16H2,1-2H3,(H2,34,36,37)/t20-,25+/m0/s1. The van der Waals surface area contributed by atoms with Crippen LogP contribution >= 0.6 is 0 Å². The Hall–Kier alpha value is -4.86. The molecule has 0 amide bonds. The highest BCUT2D eigenvalue weighted by Gasteiger charge is 2.46. The van der Waals surface area contributed by atoms with Crippen molar-refractivity contribution < 1.29 is 36.3 Å². The third kappa shape index (κ3) is 6.42. The second-order valence-corrected chi connectivity index (χ2v) is 11.5. The predicted molar refractivity (Wildman–Crippen MR) is 157 cm³/mol. The van der Waals surface area contributed by atoms with Crippen molar-refractivity contribution in [2.45, 2.75) is 51.4 Å². The summed E-state index contributed by atoms with van der Waals surface area (Å²) in [6.07, 6.45) is -2.67. The van der Waals surface area contributed by atoms with Gasteiger partial charge in [-0.05, 0) is 50.7 Å². The summed E-state index contributed by atoms with van der Waals surface area (Å²) in [5, 5.41) is 7.55. The van der Waals surface area contributed by atoms with Crippen molar-refractivity contribution in [3.63, 3.8) is 0 Å². The number of nitrogen functional groups attached to an aromatic ring is 1. The summed E-state index contributed by atoms with van der Waals surface area (Å²) in [6, 6.07) is 6.60. The lowest BCUT2D eigenvalue weighted by atomic mass is 9.76. The summed E-state index contributed by atoms with van der Waals surface area (Å²) in [5.74, 6) is -1.45. The Bertz CT molecular complexity index is 1780. The van der Waals surface area contributed by atoms with E-state index < -0.39 is 18.1 Å². The van der Waals surface area contributed by atoms with Gasteiger partial charge >= 0.3 is 18.0 Å². The van der Waals surface area contributed by atoms with Crippen molar-refractivity contribution in [2.24, 2.45) is 5.41 Å². The van der Waals surface area contributed by atoms with Crippen molar-refractivity contribution in [2.75, 3.05) is 36.9 Å². The van der Waals surface area contributed by atoms with Crippen LogP contribution in [0, 0.1) is 12.3 Å². The third-order valence-corrected chi connectivity index (χ3v) is 8.34. The number of esters is 1. The maximum Gasteiger partial charge on any atom is 0.519 e. The van der Waals surface area contributed by atoms with Crippen LogP contribution < -0.4 is 26.5 Å². The molecule has 3 aromatic heterocycles. The summed E-state index contributed by atoms with van der Waals surface area (Å²) >= 11 is 0. The number of anilines is 2. The van der Waals surface area contributed by atoms with Crippen LogP contribution in [-0.2, 0) is 9.53 Å². The zero-order valence-electron chi connectivity index (χ0n) is 25.0. The minimum atomic E-state index is -4.89. The Kier molecular flexibility index (Phi) is 8.22. The fraction of sp³-hybridized carbons (Fsp3) is 0.433. The van der Waals surface area contributed by atoms with Gasteiger partial charge < -0.3 is 34.3 Å². The number of alkyl halides is 3. The largest absolute Gasteiger partial charge is 0.519 e. The summed E-state index contributed by atoms with van der Waals surface area (Å²) in [7, 11) is 0. The number of aryl methyl sites for hydroxylation is 1. The lowest BCUT2D eigenvalue weighted by molar-refractivity contribution is -0.198. The smallest absolute Gasteiger partial charge is 0.465 e. The highest BCUT2D eigenvalue weighted by molar-refractivity contribution is 5.76. The average molecular weight is 644 g/mol. The first kappa shape index (κ1) is 31.1. The second kappa shape index (κ2) is 12.2. The van der Waals surface area contributed by atoms with Crippen molar-refractivity contribution in [1.29, 1.82) is 0 Å². The molecule has 0 unspecified atom stereocenters. The highest BCUT2D eigenvalue weighted by atomic mass is 19.4. The van der Waals surface area contributed by atoms with Crippen LogP contribution in [0.3, 0.4) is 0 Å². The van der Waals surface area contributed by atoms with E-state index in [9.17, 15) is 22.8 Å². The molecule has 0 bridgehead atoms. The Labute approximate surface area is 260 Å². The number of benzene rings is 1. The summed E-state index contributed by atoms with van der Waals surface area (Å²) in [6.45, 7) is 5.54. The molecule has 0 saturated carbocycles. The molecule has 0 aliphatic carbocycles. The van der Waals surface area contributed by atoms with Gasteiger partial charge in [0.05, 0.1) is 18.0 Å². The van der Waals surface area contributed by atoms with Gasteiger partial charge in [-0.1, -0.05) is 12.1 Å². The number of carbonyl (C=O) groups is 1. The molecule has 2 aliphatic heterocycles. The Balaban J connectivity index is 1.26. The van der Waals surface area contributed by atoms with E-state index in [-0.39, 0.29) is 46.3 Å². The van der Waals surface area contributed by atoms with E-state index in [1.54, 1.807) is 19.9 Å². The minimum Gasteiger partial charge on any atom is -0.465 e. The Morgan fingerprint density at radius 1 is 1.22 bits per heavy atom. The number of carbonyl (C=O) groups excluding carboxylic acids is 1. The lowest BCUT2D eigenvalue weighted by Crippen LogP contribution is -2.41. The number of ether oxygens (including phenoxy) is 2. The molecular weight excluding hydrogens is 611 g/mol. The van der Waals surface area contributed by atoms with Crippen molar-refractivity contribution in [3.05, 3.63) is 64.7 Å². The molecule has 2 fully saturated rings. The topological polar surface area (TPSA) is 164 Å². The molecule has 16 heteroatoms. The first-order valence-corrected chi connectivity index (χ1v) is 14.7. The van der Waals surface area contributed by atoms with E-state index in [4.69, 9.17) is 24.0 Å². The van der Waals surface area contributed by atoms with Crippen molar-refractivity contribution >= 4 is 17.7 Å². The quantitative estimate of drug-likeness (QED) is 0.266. The SMILES string of the molecule is CCOC(=O)[C@@H]1CC2(CCN(c3cc(O[C@H](c4ccc(-c5coc(=O)o5)cc4-n4ccc(C)n4)C(F)(F)F)nc(N)n3)CC2)CN1. The molecule has 0 radical (unpaired) electrons. The number of aromatic nitrogens is 4. The van der Waals surface area contributed by atoms with E-state index in [1.807, 2.05) is 4.90 Å². The van der Waals surface area contributed by atoms with Gasteiger partial charge in [0.1, 0.15) is 18.1 Å².